The summed E-state index contributed by atoms with van der Waals surface area (Å²) in [6, 6.07) is 5.80. The van der Waals surface area contributed by atoms with Crippen molar-refractivity contribution in [3.63, 3.8) is 0 Å². The summed E-state index contributed by atoms with van der Waals surface area (Å²) in [5.74, 6) is -0.912. The average molecular weight is 284 g/mol. The second kappa shape index (κ2) is 6.68. The predicted molar refractivity (Wildman–Crippen MR) is 66.3 cm³/mol. The Labute approximate surface area is 113 Å². The third-order valence-electron chi connectivity index (χ3n) is 3.07. The van der Waals surface area contributed by atoms with Crippen LogP contribution < -0.4 is 5.11 Å². The molecular weight excluding hydrogens is 268 g/mol. The zero-order valence-electron chi connectivity index (χ0n) is 10.7. The molecule has 0 saturated heterocycles. The van der Waals surface area contributed by atoms with E-state index in [1.165, 1.54) is 12.1 Å². The normalized spacial score (nSPS) is 13.2. The Morgan fingerprint density at radius 2 is 1.84 bits per heavy atom. The number of hydrogen-bond donors (Lipinski definition) is 0. The Hall–Kier alpha value is -1.40. The molecule has 0 aliphatic heterocycles. The van der Waals surface area contributed by atoms with Crippen molar-refractivity contribution in [2.75, 3.05) is 0 Å². The van der Waals surface area contributed by atoms with E-state index < -0.39 is 16.1 Å². The van der Waals surface area contributed by atoms with E-state index in [-0.39, 0.29) is 17.2 Å². The zero-order valence-corrected chi connectivity index (χ0v) is 11.5. The van der Waals surface area contributed by atoms with Crippen molar-refractivity contribution >= 4 is 16.1 Å². The standard InChI is InChI=1S/C13H18O5S/c1-2-10(4-3-5-13(14)15)11-6-8-12(9-7-11)19(16,17)18/h6-10H,2-5H2,1H3,(H,14,15)(H,16,17,18)/p-2. The van der Waals surface area contributed by atoms with E-state index in [2.05, 4.69) is 0 Å². The van der Waals surface area contributed by atoms with Crippen LogP contribution in [0, 0.1) is 0 Å². The highest BCUT2D eigenvalue weighted by Gasteiger charge is 2.10. The number of carboxylic acid groups (broad SMARTS) is 1. The van der Waals surface area contributed by atoms with E-state index in [1.54, 1.807) is 12.1 Å². The summed E-state index contributed by atoms with van der Waals surface area (Å²) in [6.45, 7) is 1.97. The molecule has 106 valence electrons. The van der Waals surface area contributed by atoms with Gasteiger partial charge in [0.15, 0.2) is 0 Å². The topological polar surface area (TPSA) is 97.3 Å². The second-order valence-corrected chi connectivity index (χ2v) is 5.77. The van der Waals surface area contributed by atoms with Gasteiger partial charge in [-0.3, -0.25) is 0 Å². The van der Waals surface area contributed by atoms with Gasteiger partial charge in [0.05, 0.1) is 4.90 Å². The van der Waals surface area contributed by atoms with Gasteiger partial charge < -0.3 is 14.5 Å². The number of carboxylic acids is 1. The van der Waals surface area contributed by atoms with Crippen molar-refractivity contribution in [3.05, 3.63) is 29.8 Å². The van der Waals surface area contributed by atoms with Gasteiger partial charge in [0, 0.05) is 5.97 Å². The molecule has 1 aromatic carbocycles. The number of aliphatic carboxylic acids is 1. The molecule has 1 unspecified atom stereocenters. The van der Waals surface area contributed by atoms with Crippen molar-refractivity contribution in [2.24, 2.45) is 0 Å². The molecule has 5 nitrogen and oxygen atoms in total. The van der Waals surface area contributed by atoms with E-state index >= 15 is 0 Å². The van der Waals surface area contributed by atoms with Crippen LogP contribution in [0.3, 0.4) is 0 Å². The minimum absolute atomic E-state index is 0.0174. The molecule has 0 bridgehead atoms. The molecule has 0 heterocycles. The highest BCUT2D eigenvalue weighted by molar-refractivity contribution is 7.85. The van der Waals surface area contributed by atoms with Crippen LogP contribution in [0.25, 0.3) is 0 Å². The van der Waals surface area contributed by atoms with Crippen molar-refractivity contribution < 1.29 is 22.9 Å². The van der Waals surface area contributed by atoms with Gasteiger partial charge in [-0.05, 0) is 49.3 Å². The van der Waals surface area contributed by atoms with Gasteiger partial charge in [0.25, 0.3) is 0 Å². The molecule has 0 aliphatic rings. The lowest BCUT2D eigenvalue weighted by Crippen LogP contribution is -2.21. The Morgan fingerprint density at radius 1 is 1.26 bits per heavy atom. The van der Waals surface area contributed by atoms with Crippen molar-refractivity contribution in [1.29, 1.82) is 0 Å². The Kier molecular flexibility index (Phi) is 5.50. The van der Waals surface area contributed by atoms with Crippen molar-refractivity contribution in [1.82, 2.24) is 0 Å². The molecule has 6 heteroatoms. The second-order valence-electron chi connectivity index (χ2n) is 4.39. The van der Waals surface area contributed by atoms with Gasteiger partial charge in [0.1, 0.15) is 10.1 Å². The fourth-order valence-electron chi connectivity index (χ4n) is 2.01. The van der Waals surface area contributed by atoms with E-state index in [0.29, 0.717) is 12.8 Å². The largest absolute Gasteiger partial charge is 0.744 e. The van der Waals surface area contributed by atoms with Crippen LogP contribution in [-0.2, 0) is 14.9 Å². The lowest BCUT2D eigenvalue weighted by atomic mass is 9.91. The van der Waals surface area contributed by atoms with Crippen LogP contribution in [0.2, 0.25) is 0 Å². The van der Waals surface area contributed by atoms with Gasteiger partial charge in [-0.25, -0.2) is 8.42 Å². The quantitative estimate of drug-likeness (QED) is 0.696. The molecule has 1 atom stereocenters. The number of carbonyl (C=O) groups excluding carboxylic acids is 1. The van der Waals surface area contributed by atoms with Gasteiger partial charge in [-0.1, -0.05) is 19.1 Å². The molecule has 0 fully saturated rings. The van der Waals surface area contributed by atoms with Gasteiger partial charge in [-0.2, -0.15) is 0 Å². The SMILES string of the molecule is CCC(CCCC(=O)[O-])c1ccc(S(=O)(=O)[O-])cc1. The predicted octanol–water partition coefficient (Wildman–Crippen LogP) is 1.00. The molecule has 0 N–H and O–H groups in total. The number of benzene rings is 1. The molecule has 0 amide bonds. The van der Waals surface area contributed by atoms with Crippen LogP contribution in [0.4, 0.5) is 0 Å². The van der Waals surface area contributed by atoms with Crippen LogP contribution >= 0.6 is 0 Å². The lowest BCUT2D eigenvalue weighted by molar-refractivity contribution is -0.305. The molecule has 0 radical (unpaired) electrons. The lowest BCUT2D eigenvalue weighted by Gasteiger charge is -2.16. The van der Waals surface area contributed by atoms with Crippen LogP contribution in [0.1, 0.15) is 44.1 Å². The fourth-order valence-corrected chi connectivity index (χ4v) is 2.48. The molecule has 0 saturated carbocycles. The molecule has 19 heavy (non-hydrogen) atoms. The first kappa shape index (κ1) is 15.7. The van der Waals surface area contributed by atoms with E-state index in [4.69, 9.17) is 0 Å². The van der Waals surface area contributed by atoms with Crippen LogP contribution in [-0.4, -0.2) is 18.9 Å². The molecule has 0 aliphatic carbocycles. The maximum absolute atomic E-state index is 10.8. The highest BCUT2D eigenvalue weighted by Crippen LogP contribution is 2.26. The number of rotatable bonds is 7. The smallest absolute Gasteiger partial charge is 0.124 e. The summed E-state index contributed by atoms with van der Waals surface area (Å²) < 4.78 is 32.4. The van der Waals surface area contributed by atoms with Gasteiger partial charge >= 0.3 is 0 Å². The van der Waals surface area contributed by atoms with E-state index in [1.807, 2.05) is 6.92 Å². The van der Waals surface area contributed by atoms with Crippen LogP contribution in [0.15, 0.2) is 29.2 Å². The molecule has 0 aromatic heterocycles. The first-order valence-electron chi connectivity index (χ1n) is 6.10. The summed E-state index contributed by atoms with van der Waals surface area (Å²) in [7, 11) is -4.42. The minimum atomic E-state index is -4.42. The van der Waals surface area contributed by atoms with Gasteiger partial charge in [0.2, 0.25) is 0 Å². The minimum Gasteiger partial charge on any atom is -0.744 e. The molecule has 0 spiro atoms. The van der Waals surface area contributed by atoms with Crippen LogP contribution in [0.5, 0.6) is 0 Å². The third kappa shape index (κ3) is 5.00. The van der Waals surface area contributed by atoms with E-state index in [9.17, 15) is 22.9 Å². The van der Waals surface area contributed by atoms with Crippen molar-refractivity contribution in [2.45, 2.75) is 43.4 Å². The third-order valence-corrected chi connectivity index (χ3v) is 3.92. The molecule has 1 rings (SSSR count). The highest BCUT2D eigenvalue weighted by atomic mass is 32.2. The summed E-state index contributed by atoms with van der Waals surface area (Å²) in [5, 5.41) is 10.3. The van der Waals surface area contributed by atoms with Gasteiger partial charge in [-0.15, -0.1) is 0 Å². The maximum atomic E-state index is 10.8. The van der Waals surface area contributed by atoms with E-state index in [0.717, 1.165) is 12.0 Å². The maximum Gasteiger partial charge on any atom is 0.124 e. The monoisotopic (exact) mass is 284 g/mol. The first-order chi connectivity index (χ1) is 8.84. The Balaban J connectivity index is 2.74. The average Bonchev–Trinajstić information content (AvgIpc) is 2.33. The fraction of sp³-hybridized carbons (Fsp3) is 0.462. The summed E-state index contributed by atoms with van der Waals surface area (Å²) in [5.41, 5.74) is 0.910. The number of hydrogen-bond acceptors (Lipinski definition) is 5. The summed E-state index contributed by atoms with van der Waals surface area (Å²) >= 11 is 0. The number of carbonyl (C=O) groups is 1. The summed E-state index contributed by atoms with van der Waals surface area (Å²) in [4.78, 5) is 10.1. The summed E-state index contributed by atoms with van der Waals surface area (Å²) in [6.07, 6.45) is 2.04. The first-order valence-corrected chi connectivity index (χ1v) is 7.51. The van der Waals surface area contributed by atoms with Crippen molar-refractivity contribution in [3.8, 4) is 0 Å². The Bertz CT molecular complexity index is 518. The Morgan fingerprint density at radius 3 is 2.26 bits per heavy atom. The molecular formula is C13H16O5S-2. The zero-order chi connectivity index (χ0) is 14.5. The molecule has 1 aromatic rings.